The molecule has 1 amide bonds. The topological polar surface area (TPSA) is 72.5 Å². The molecule has 26 heavy (non-hydrogen) atoms. The Hall–Kier alpha value is -2.18. The molecule has 2 aromatic carbocycles. The fourth-order valence-corrected chi connectivity index (χ4v) is 4.13. The lowest BCUT2D eigenvalue weighted by molar-refractivity contribution is -0.145. The highest BCUT2D eigenvalue weighted by Gasteiger charge is 2.30. The van der Waals surface area contributed by atoms with Crippen molar-refractivity contribution in [3.63, 3.8) is 0 Å². The molecule has 5 nitrogen and oxygen atoms in total. The van der Waals surface area contributed by atoms with Crippen molar-refractivity contribution in [2.45, 2.75) is 49.4 Å². The predicted molar refractivity (Wildman–Crippen MR) is 101 cm³/mol. The van der Waals surface area contributed by atoms with E-state index >= 15 is 0 Å². The second-order valence-electron chi connectivity index (χ2n) is 7.11. The molecule has 0 aliphatic heterocycles. The molecule has 0 aromatic heterocycles. The molecule has 1 unspecified atom stereocenters. The summed E-state index contributed by atoms with van der Waals surface area (Å²) in [6.07, 6.45) is 0.0726. The summed E-state index contributed by atoms with van der Waals surface area (Å²) in [5.41, 5.74) is 2.67. The average molecular weight is 375 g/mol. The Balaban J connectivity index is 2.23. The molecular weight excluding hydrogens is 350 g/mol. The highest BCUT2D eigenvalue weighted by atomic mass is 32.2. The van der Waals surface area contributed by atoms with Crippen molar-refractivity contribution in [1.82, 2.24) is 5.48 Å². The van der Waals surface area contributed by atoms with Gasteiger partial charge in [-0.1, -0.05) is 48.5 Å². The molecule has 0 spiro atoms. The predicted octanol–water partition coefficient (Wildman–Crippen LogP) is 3.31. The van der Waals surface area contributed by atoms with Crippen LogP contribution in [0.15, 0.2) is 65.6 Å². The first-order valence-electron chi connectivity index (χ1n) is 8.48. The average Bonchev–Trinajstić information content (AvgIpc) is 2.60. The number of hydroxylamine groups is 1. The molecule has 0 saturated heterocycles. The molecule has 0 fully saturated rings. The number of carbonyl (C=O) groups is 1. The van der Waals surface area contributed by atoms with Crippen LogP contribution in [-0.2, 0) is 25.9 Å². The van der Waals surface area contributed by atoms with Gasteiger partial charge in [0.05, 0.1) is 15.7 Å². The lowest BCUT2D eigenvalue weighted by atomic mass is 10.1. The number of nitrogens with one attached hydrogen (secondary N) is 1. The summed E-state index contributed by atoms with van der Waals surface area (Å²) in [6, 6.07) is 17.5. The summed E-state index contributed by atoms with van der Waals surface area (Å²) in [5.74, 6) is -0.458. The Morgan fingerprint density at radius 2 is 1.54 bits per heavy atom. The fourth-order valence-electron chi connectivity index (χ4n) is 2.43. The lowest BCUT2D eigenvalue weighted by Crippen LogP contribution is -2.37. The molecule has 140 valence electrons. The summed E-state index contributed by atoms with van der Waals surface area (Å²) in [5, 5.41) is -0.879. The Bertz CT molecular complexity index is 812. The first-order valence-corrected chi connectivity index (χ1v) is 10.0. The van der Waals surface area contributed by atoms with Gasteiger partial charge in [0, 0.05) is 6.42 Å². The van der Waals surface area contributed by atoms with Crippen molar-refractivity contribution in [1.29, 1.82) is 0 Å². The second-order valence-corrected chi connectivity index (χ2v) is 9.34. The molecule has 0 bridgehead atoms. The van der Waals surface area contributed by atoms with E-state index in [1.54, 1.807) is 51.1 Å². The van der Waals surface area contributed by atoms with E-state index in [0.29, 0.717) is 0 Å². The zero-order valence-electron chi connectivity index (χ0n) is 15.3. The van der Waals surface area contributed by atoms with Crippen molar-refractivity contribution in [2.75, 3.05) is 0 Å². The van der Waals surface area contributed by atoms with Gasteiger partial charge in [0.2, 0.25) is 5.91 Å². The lowest BCUT2D eigenvalue weighted by Gasteiger charge is -2.21. The van der Waals surface area contributed by atoms with E-state index in [4.69, 9.17) is 4.84 Å². The molecule has 6 heteroatoms. The van der Waals surface area contributed by atoms with Gasteiger partial charge in [-0.2, -0.15) is 0 Å². The highest BCUT2D eigenvalue weighted by Crippen LogP contribution is 2.22. The zero-order valence-corrected chi connectivity index (χ0v) is 16.1. The van der Waals surface area contributed by atoms with Crippen LogP contribution < -0.4 is 5.48 Å². The Kier molecular flexibility index (Phi) is 6.56. The first-order chi connectivity index (χ1) is 12.2. The van der Waals surface area contributed by atoms with E-state index in [9.17, 15) is 13.2 Å². The van der Waals surface area contributed by atoms with E-state index in [2.05, 4.69) is 5.48 Å². The molecule has 1 atom stereocenters. The molecule has 0 heterocycles. The normalized spacial score (nSPS) is 13.2. The summed E-state index contributed by atoms with van der Waals surface area (Å²) in [6.45, 7) is 5.40. The number of hydrogen-bond donors (Lipinski definition) is 1. The summed E-state index contributed by atoms with van der Waals surface area (Å²) >= 11 is 0. The van der Waals surface area contributed by atoms with Crippen molar-refractivity contribution in [3.8, 4) is 0 Å². The van der Waals surface area contributed by atoms with Crippen LogP contribution in [0.4, 0.5) is 0 Å². The number of carbonyl (C=O) groups excluding carboxylic acids is 1. The zero-order chi connectivity index (χ0) is 19.2. The smallest absolute Gasteiger partial charge is 0.244 e. The largest absolute Gasteiger partial charge is 0.273 e. The molecule has 0 saturated carbocycles. The number of sulfone groups is 1. The van der Waals surface area contributed by atoms with Crippen LogP contribution in [0.5, 0.6) is 0 Å². The van der Waals surface area contributed by atoms with E-state index < -0.39 is 26.6 Å². The van der Waals surface area contributed by atoms with Gasteiger partial charge in [-0.3, -0.25) is 9.63 Å². The van der Waals surface area contributed by atoms with Gasteiger partial charge >= 0.3 is 0 Å². The third-order valence-corrected chi connectivity index (χ3v) is 5.84. The van der Waals surface area contributed by atoms with Gasteiger partial charge in [-0.25, -0.2) is 13.9 Å². The summed E-state index contributed by atoms with van der Waals surface area (Å²) in [7, 11) is -3.66. The second kappa shape index (κ2) is 8.47. The molecule has 0 aliphatic rings. The summed E-state index contributed by atoms with van der Waals surface area (Å²) in [4.78, 5) is 17.7. The Morgan fingerprint density at radius 1 is 1.00 bits per heavy atom. The van der Waals surface area contributed by atoms with E-state index in [1.165, 1.54) is 0 Å². The molecule has 1 N–H and O–H groups in total. The molecular formula is C20H25NO4S. The van der Waals surface area contributed by atoms with Crippen LogP contribution in [0.2, 0.25) is 0 Å². The maximum absolute atomic E-state index is 13.1. The van der Waals surface area contributed by atoms with E-state index in [0.717, 1.165) is 5.56 Å². The van der Waals surface area contributed by atoms with Gasteiger partial charge < -0.3 is 0 Å². The number of rotatable bonds is 7. The minimum absolute atomic E-state index is 0.178. The minimum Gasteiger partial charge on any atom is -0.273 e. The minimum atomic E-state index is -3.66. The van der Waals surface area contributed by atoms with Gasteiger partial charge in [0.1, 0.15) is 0 Å². The number of hydrogen-bond acceptors (Lipinski definition) is 4. The van der Waals surface area contributed by atoms with Gasteiger partial charge in [-0.05, 0) is 44.9 Å². The van der Waals surface area contributed by atoms with Crippen LogP contribution in [0.25, 0.3) is 0 Å². The maximum Gasteiger partial charge on any atom is 0.244 e. The van der Waals surface area contributed by atoms with Crippen molar-refractivity contribution < 1.29 is 18.0 Å². The third-order valence-electron chi connectivity index (χ3n) is 3.70. The molecule has 2 aromatic rings. The van der Waals surface area contributed by atoms with Gasteiger partial charge in [0.25, 0.3) is 0 Å². The molecule has 2 rings (SSSR count). The van der Waals surface area contributed by atoms with Crippen LogP contribution in [-0.4, -0.2) is 25.2 Å². The van der Waals surface area contributed by atoms with Crippen LogP contribution in [0.1, 0.15) is 32.8 Å². The fraction of sp³-hybridized carbons (Fsp3) is 0.350. The Labute approximate surface area is 155 Å². The molecule has 0 aliphatic carbocycles. The first kappa shape index (κ1) is 20.1. The standard InChI is InChI=1S/C20H25NO4S/c1-20(2,3)25-21-19(22)15-18(14-16-10-6-4-7-11-16)26(23,24)17-12-8-5-9-13-17/h4-13,18H,14-15H2,1-3H3,(H,21,22). The maximum atomic E-state index is 13.1. The van der Waals surface area contributed by atoms with Gasteiger partial charge in [-0.15, -0.1) is 0 Å². The summed E-state index contributed by atoms with van der Waals surface area (Å²) < 4.78 is 26.1. The number of amides is 1. The van der Waals surface area contributed by atoms with Crippen LogP contribution >= 0.6 is 0 Å². The monoisotopic (exact) mass is 375 g/mol. The van der Waals surface area contributed by atoms with Crippen LogP contribution in [0, 0.1) is 0 Å². The van der Waals surface area contributed by atoms with Crippen molar-refractivity contribution in [2.24, 2.45) is 0 Å². The van der Waals surface area contributed by atoms with Gasteiger partial charge in [0.15, 0.2) is 9.84 Å². The van der Waals surface area contributed by atoms with Crippen molar-refractivity contribution >= 4 is 15.7 Å². The number of benzene rings is 2. The Morgan fingerprint density at radius 3 is 2.08 bits per heavy atom. The molecule has 0 radical (unpaired) electrons. The quantitative estimate of drug-likeness (QED) is 0.754. The third kappa shape index (κ3) is 5.97. The van der Waals surface area contributed by atoms with E-state index in [-0.39, 0.29) is 17.7 Å². The highest BCUT2D eigenvalue weighted by molar-refractivity contribution is 7.92. The van der Waals surface area contributed by atoms with Crippen molar-refractivity contribution in [3.05, 3.63) is 66.2 Å². The SMILES string of the molecule is CC(C)(C)ONC(=O)CC(Cc1ccccc1)S(=O)(=O)c1ccccc1. The van der Waals surface area contributed by atoms with E-state index in [1.807, 2.05) is 30.3 Å². The van der Waals surface area contributed by atoms with Crippen LogP contribution in [0.3, 0.4) is 0 Å².